The van der Waals surface area contributed by atoms with E-state index in [0.717, 1.165) is 49.6 Å². The first-order valence-corrected chi connectivity index (χ1v) is 11.1. The fourth-order valence-corrected chi connectivity index (χ4v) is 4.04. The van der Waals surface area contributed by atoms with Crippen molar-refractivity contribution in [1.82, 2.24) is 24.8 Å². The lowest BCUT2D eigenvalue weighted by Crippen LogP contribution is -2.46. The van der Waals surface area contributed by atoms with Crippen LogP contribution in [-0.2, 0) is 0 Å². The molecule has 4 aromatic rings. The molecule has 1 aliphatic rings. The number of hydrogen-bond acceptors (Lipinski definition) is 7. The maximum Gasteiger partial charge on any atom is 0.224 e. The molecule has 0 amide bonds. The zero-order valence-electron chi connectivity index (χ0n) is 18.7. The fourth-order valence-electron chi connectivity index (χ4n) is 4.04. The van der Waals surface area contributed by atoms with Crippen LogP contribution < -0.4 is 15.0 Å². The van der Waals surface area contributed by atoms with E-state index >= 15 is 0 Å². The number of nitrogens with one attached hydrogen (secondary N) is 2. The third-order valence-corrected chi connectivity index (χ3v) is 5.88. The van der Waals surface area contributed by atoms with Gasteiger partial charge >= 0.3 is 0 Å². The Hall–Kier alpha value is -3.72. The molecular formula is C24H26FN7O. The summed E-state index contributed by atoms with van der Waals surface area (Å²) in [5, 5.41) is 3.64. The summed E-state index contributed by atoms with van der Waals surface area (Å²) in [4.78, 5) is 20.8. The first kappa shape index (κ1) is 21.1. The molecule has 1 aliphatic heterocycles. The van der Waals surface area contributed by atoms with E-state index in [4.69, 9.17) is 4.74 Å². The van der Waals surface area contributed by atoms with E-state index in [1.54, 1.807) is 24.3 Å². The first-order chi connectivity index (χ1) is 16.1. The molecule has 5 rings (SSSR count). The third kappa shape index (κ3) is 4.58. The Morgan fingerprint density at radius 2 is 1.88 bits per heavy atom. The van der Waals surface area contributed by atoms with Crippen molar-refractivity contribution in [2.75, 3.05) is 42.9 Å². The molecular weight excluding hydrogens is 421 g/mol. The molecule has 0 saturated carbocycles. The monoisotopic (exact) mass is 447 g/mol. The molecule has 33 heavy (non-hydrogen) atoms. The lowest BCUT2D eigenvalue weighted by Gasteiger charge is -2.35. The van der Waals surface area contributed by atoms with Gasteiger partial charge in [-0.05, 0) is 43.8 Å². The summed E-state index contributed by atoms with van der Waals surface area (Å²) in [6.07, 6.45) is 3.24. The van der Waals surface area contributed by atoms with Gasteiger partial charge in [-0.3, -0.25) is 0 Å². The number of nitrogens with zero attached hydrogens (tertiary/aromatic N) is 5. The smallest absolute Gasteiger partial charge is 0.224 e. The number of hydrogen-bond donors (Lipinski definition) is 2. The Morgan fingerprint density at radius 3 is 2.64 bits per heavy atom. The average Bonchev–Trinajstić information content (AvgIpc) is 3.23. The van der Waals surface area contributed by atoms with Gasteiger partial charge in [0, 0.05) is 48.8 Å². The number of aromatic amines is 1. The van der Waals surface area contributed by atoms with E-state index in [9.17, 15) is 4.39 Å². The molecule has 3 aromatic heterocycles. The Morgan fingerprint density at radius 1 is 1.03 bits per heavy atom. The number of piperazine rings is 1. The molecule has 1 aromatic carbocycles. The Bertz CT molecular complexity index is 1250. The summed E-state index contributed by atoms with van der Waals surface area (Å²) in [7, 11) is 0. The molecule has 170 valence electrons. The highest BCUT2D eigenvalue weighted by Gasteiger charge is 2.16. The predicted octanol–water partition coefficient (Wildman–Crippen LogP) is 4.48. The lowest BCUT2D eigenvalue weighted by atomic mass is 10.2. The highest BCUT2D eigenvalue weighted by molar-refractivity contribution is 5.82. The fraction of sp³-hybridized carbons (Fsp3) is 0.292. The quantitative estimate of drug-likeness (QED) is 0.451. The van der Waals surface area contributed by atoms with Crippen molar-refractivity contribution in [3.8, 4) is 11.6 Å². The zero-order valence-corrected chi connectivity index (χ0v) is 18.7. The van der Waals surface area contributed by atoms with Gasteiger partial charge in [0.05, 0.1) is 11.9 Å². The number of H-pyrrole nitrogens is 1. The van der Waals surface area contributed by atoms with Gasteiger partial charge in [-0.1, -0.05) is 6.92 Å². The van der Waals surface area contributed by atoms with Crippen LogP contribution >= 0.6 is 0 Å². The van der Waals surface area contributed by atoms with Crippen molar-refractivity contribution in [3.05, 3.63) is 60.4 Å². The number of likely N-dealkylation sites (N-methyl/N-ethyl adjacent to an activating group) is 1. The first-order valence-electron chi connectivity index (χ1n) is 11.1. The van der Waals surface area contributed by atoms with Crippen LogP contribution in [0.25, 0.3) is 10.9 Å². The number of aromatic nitrogens is 4. The van der Waals surface area contributed by atoms with E-state index in [2.05, 4.69) is 48.0 Å². The minimum atomic E-state index is -0.429. The molecule has 2 N–H and O–H groups in total. The van der Waals surface area contributed by atoms with Crippen molar-refractivity contribution in [1.29, 1.82) is 0 Å². The van der Waals surface area contributed by atoms with E-state index in [1.807, 2.05) is 19.2 Å². The number of pyridine rings is 1. The number of anilines is 3. The zero-order chi connectivity index (χ0) is 22.8. The molecule has 0 aliphatic carbocycles. The largest absolute Gasteiger partial charge is 0.436 e. The number of ether oxygens (including phenoxy) is 1. The predicted molar refractivity (Wildman–Crippen MR) is 127 cm³/mol. The van der Waals surface area contributed by atoms with Crippen molar-refractivity contribution in [2.45, 2.75) is 13.8 Å². The molecule has 0 bridgehead atoms. The van der Waals surface area contributed by atoms with Gasteiger partial charge in [0.15, 0.2) is 11.6 Å². The maximum absolute atomic E-state index is 14.8. The third-order valence-electron chi connectivity index (χ3n) is 5.88. The molecule has 0 atom stereocenters. The van der Waals surface area contributed by atoms with Gasteiger partial charge in [-0.25, -0.2) is 19.3 Å². The second-order valence-corrected chi connectivity index (χ2v) is 8.08. The number of halogens is 1. The van der Waals surface area contributed by atoms with Gasteiger partial charge in [0.1, 0.15) is 18.0 Å². The Balaban J connectivity index is 1.27. The van der Waals surface area contributed by atoms with Crippen molar-refractivity contribution in [2.24, 2.45) is 0 Å². The maximum atomic E-state index is 14.8. The Labute approximate surface area is 191 Å². The summed E-state index contributed by atoms with van der Waals surface area (Å²) in [6, 6.07) is 10.7. The highest BCUT2D eigenvalue weighted by atomic mass is 19.1. The van der Waals surface area contributed by atoms with Crippen molar-refractivity contribution in [3.63, 3.8) is 0 Å². The van der Waals surface area contributed by atoms with Crippen LogP contribution in [0.2, 0.25) is 0 Å². The van der Waals surface area contributed by atoms with Crippen LogP contribution in [-0.4, -0.2) is 57.6 Å². The van der Waals surface area contributed by atoms with Gasteiger partial charge < -0.3 is 24.8 Å². The second kappa shape index (κ2) is 9.03. The van der Waals surface area contributed by atoms with Gasteiger partial charge in [0.2, 0.25) is 5.88 Å². The van der Waals surface area contributed by atoms with Gasteiger partial charge in [0.25, 0.3) is 0 Å². The topological polar surface area (TPSA) is 82.2 Å². The minimum absolute atomic E-state index is 0.108. The van der Waals surface area contributed by atoms with Crippen LogP contribution in [0.4, 0.5) is 21.7 Å². The minimum Gasteiger partial charge on any atom is -0.436 e. The molecule has 1 saturated heterocycles. The standard InChI is InChI=1S/C24H26FN7O/c1-3-31-8-10-32(11-9-31)17-4-7-21(26-14-17)30-22-13-23(28-15-27-22)33-20-6-5-19-18(24(20)25)12-16(2)29-19/h4-7,12-15,29H,3,8-11H2,1-2H3,(H,26,27,28,30). The summed E-state index contributed by atoms with van der Waals surface area (Å²) < 4.78 is 20.5. The molecule has 0 unspecified atom stereocenters. The van der Waals surface area contributed by atoms with E-state index < -0.39 is 5.82 Å². The summed E-state index contributed by atoms with van der Waals surface area (Å²) in [5.74, 6) is 1.09. The van der Waals surface area contributed by atoms with Gasteiger partial charge in [-0.15, -0.1) is 0 Å². The molecule has 9 heteroatoms. The molecule has 8 nitrogen and oxygen atoms in total. The number of aryl methyl sites for hydroxylation is 1. The molecule has 0 radical (unpaired) electrons. The molecule has 1 fully saturated rings. The van der Waals surface area contributed by atoms with Crippen LogP contribution in [0.3, 0.4) is 0 Å². The molecule has 4 heterocycles. The Kier molecular flexibility index (Phi) is 5.78. The van der Waals surface area contributed by atoms with Crippen LogP contribution in [0.15, 0.2) is 48.9 Å². The van der Waals surface area contributed by atoms with Gasteiger partial charge in [-0.2, -0.15) is 0 Å². The lowest BCUT2D eigenvalue weighted by molar-refractivity contribution is 0.271. The highest BCUT2D eigenvalue weighted by Crippen LogP contribution is 2.30. The average molecular weight is 448 g/mol. The second-order valence-electron chi connectivity index (χ2n) is 8.08. The van der Waals surface area contributed by atoms with Crippen LogP contribution in [0.1, 0.15) is 12.6 Å². The molecule has 0 spiro atoms. The number of rotatable bonds is 6. The van der Waals surface area contributed by atoms with Crippen molar-refractivity contribution < 1.29 is 9.13 Å². The van der Waals surface area contributed by atoms with E-state index in [0.29, 0.717) is 17.0 Å². The number of fused-ring (bicyclic) bond motifs is 1. The normalized spacial score (nSPS) is 14.6. The van der Waals surface area contributed by atoms with E-state index in [-0.39, 0.29) is 11.6 Å². The van der Waals surface area contributed by atoms with Crippen LogP contribution in [0.5, 0.6) is 11.6 Å². The summed E-state index contributed by atoms with van der Waals surface area (Å²) >= 11 is 0. The number of benzene rings is 1. The summed E-state index contributed by atoms with van der Waals surface area (Å²) in [5.41, 5.74) is 2.72. The van der Waals surface area contributed by atoms with E-state index in [1.165, 1.54) is 6.33 Å². The SMILES string of the molecule is CCN1CCN(c2ccc(Nc3cc(Oc4ccc5[nH]c(C)cc5c4F)ncn3)nc2)CC1. The van der Waals surface area contributed by atoms with Crippen LogP contribution in [0, 0.1) is 12.7 Å². The van der Waals surface area contributed by atoms with Crippen molar-refractivity contribution >= 4 is 28.2 Å². The summed E-state index contributed by atoms with van der Waals surface area (Å²) in [6.45, 7) is 9.30.